The number of hydrogen-bond donors (Lipinski definition) is 2. The smallest absolute Gasteiger partial charge is 0.431 e. The van der Waals surface area contributed by atoms with Gasteiger partial charge in [0.2, 0.25) is 0 Å². The highest BCUT2D eigenvalue weighted by atomic mass is 32.2. The minimum Gasteiger partial charge on any atom is -0.431 e. The van der Waals surface area contributed by atoms with Crippen molar-refractivity contribution in [2.75, 3.05) is 11.1 Å². The number of carbonyl (C=O) groups is 1. The molecule has 1 fully saturated rings. The molecule has 35 heavy (non-hydrogen) atoms. The fourth-order valence-corrected chi connectivity index (χ4v) is 5.95. The van der Waals surface area contributed by atoms with Crippen LogP contribution in [0.5, 0.6) is 5.75 Å². The summed E-state index contributed by atoms with van der Waals surface area (Å²) in [5, 5.41) is 21.1. The van der Waals surface area contributed by atoms with E-state index in [-0.39, 0.29) is 29.2 Å². The van der Waals surface area contributed by atoms with E-state index in [1.165, 1.54) is 36.5 Å². The Balaban J connectivity index is 1.17. The standard InChI is InChI=1S/C22H21N5O7S/c28-22(33-15-5-2-14(3-6-15)27(29)30)34-16-4-1-13(11-16)18-12-20(26-25-18)24-21-17-8-10-35(31,32)19(17)7-9-23-21/h2-3,5-7,9,12-13,16H,1,4,8,10-11H2,(H2,23,24,25,26)/t13-,16+/m0/s1. The van der Waals surface area contributed by atoms with E-state index in [4.69, 9.17) is 9.47 Å². The fourth-order valence-electron chi connectivity index (χ4n) is 4.41. The average Bonchev–Trinajstić information content (AvgIpc) is 3.54. The lowest BCUT2D eigenvalue weighted by atomic mass is 10.0. The number of benzene rings is 1. The summed E-state index contributed by atoms with van der Waals surface area (Å²) in [6, 6.07) is 8.52. The van der Waals surface area contributed by atoms with Crippen LogP contribution in [-0.2, 0) is 21.0 Å². The summed E-state index contributed by atoms with van der Waals surface area (Å²) in [7, 11) is -3.26. The number of nitro groups is 1. The maximum absolute atomic E-state index is 12.1. The Kier molecular flexibility index (Phi) is 5.84. The SMILES string of the molecule is O=C(Oc1ccc([N+](=O)[O-])cc1)O[C@@H]1CC[C@H](c2cc(Nc3nccc4c3CCS4(=O)=O)n[nH]2)C1. The molecule has 0 saturated heterocycles. The van der Waals surface area contributed by atoms with E-state index in [1.54, 1.807) is 0 Å². The van der Waals surface area contributed by atoms with E-state index < -0.39 is 20.9 Å². The van der Waals surface area contributed by atoms with E-state index >= 15 is 0 Å². The topological polar surface area (TPSA) is 166 Å². The van der Waals surface area contributed by atoms with E-state index in [9.17, 15) is 23.3 Å². The van der Waals surface area contributed by atoms with Crippen molar-refractivity contribution in [2.45, 2.75) is 42.6 Å². The molecule has 0 spiro atoms. The zero-order valence-electron chi connectivity index (χ0n) is 18.3. The molecule has 5 rings (SSSR count). The average molecular weight is 500 g/mol. The van der Waals surface area contributed by atoms with Gasteiger partial charge < -0.3 is 14.8 Å². The van der Waals surface area contributed by atoms with Crippen molar-refractivity contribution in [3.8, 4) is 5.75 Å². The van der Waals surface area contributed by atoms with Gasteiger partial charge in [0.1, 0.15) is 17.7 Å². The number of aromatic amines is 1. The van der Waals surface area contributed by atoms with Gasteiger partial charge in [0, 0.05) is 41.6 Å². The molecule has 0 unspecified atom stereocenters. The molecule has 3 aromatic rings. The van der Waals surface area contributed by atoms with Crippen LogP contribution in [0.15, 0.2) is 47.5 Å². The van der Waals surface area contributed by atoms with Crippen LogP contribution in [0.3, 0.4) is 0 Å². The summed E-state index contributed by atoms with van der Waals surface area (Å²) in [6.45, 7) is 0. The fraction of sp³-hybridized carbons (Fsp3) is 0.318. The Morgan fingerprint density at radius 2 is 2.00 bits per heavy atom. The number of anilines is 2. The molecule has 2 aromatic heterocycles. The molecule has 182 valence electrons. The maximum atomic E-state index is 12.1. The molecule has 2 N–H and O–H groups in total. The lowest BCUT2D eigenvalue weighted by Gasteiger charge is -2.12. The van der Waals surface area contributed by atoms with E-state index in [1.807, 2.05) is 6.07 Å². The second kappa shape index (κ2) is 8.98. The highest BCUT2D eigenvalue weighted by Gasteiger charge is 2.31. The molecule has 1 aliphatic carbocycles. The number of aromatic nitrogens is 3. The number of ether oxygens (including phenoxy) is 2. The van der Waals surface area contributed by atoms with Gasteiger partial charge in [-0.1, -0.05) is 0 Å². The summed E-state index contributed by atoms with van der Waals surface area (Å²) in [6.07, 6.45) is 2.66. The van der Waals surface area contributed by atoms with Gasteiger partial charge in [-0.25, -0.2) is 18.2 Å². The maximum Gasteiger partial charge on any atom is 0.514 e. The molecule has 3 heterocycles. The second-order valence-electron chi connectivity index (χ2n) is 8.39. The molecule has 1 aliphatic heterocycles. The number of non-ortho nitro benzene ring substituents is 1. The Hall–Kier alpha value is -4.00. The molecular formula is C22H21N5O7S. The summed E-state index contributed by atoms with van der Waals surface area (Å²) in [5.41, 5.74) is 1.43. The van der Waals surface area contributed by atoms with Gasteiger partial charge >= 0.3 is 6.16 Å². The van der Waals surface area contributed by atoms with Crippen molar-refractivity contribution in [3.05, 3.63) is 64.0 Å². The number of nitro benzene ring substituents is 1. The second-order valence-corrected chi connectivity index (χ2v) is 10.5. The van der Waals surface area contributed by atoms with Crippen molar-refractivity contribution < 1.29 is 27.6 Å². The van der Waals surface area contributed by atoms with Crippen LogP contribution in [0.1, 0.15) is 36.4 Å². The summed E-state index contributed by atoms with van der Waals surface area (Å²) in [5.74, 6) is 1.32. The number of nitrogens with zero attached hydrogens (tertiary/aromatic N) is 3. The van der Waals surface area contributed by atoms with Crippen LogP contribution in [0.25, 0.3) is 0 Å². The number of nitrogens with one attached hydrogen (secondary N) is 2. The van der Waals surface area contributed by atoms with Gasteiger partial charge in [0.15, 0.2) is 15.7 Å². The number of sulfone groups is 1. The molecule has 1 aromatic carbocycles. The third-order valence-corrected chi connectivity index (χ3v) is 7.94. The third-order valence-electron chi connectivity index (χ3n) is 6.15. The van der Waals surface area contributed by atoms with Crippen molar-refractivity contribution in [2.24, 2.45) is 0 Å². The first-order chi connectivity index (χ1) is 16.8. The molecule has 0 radical (unpaired) electrons. The number of hydrogen-bond acceptors (Lipinski definition) is 10. The van der Waals surface area contributed by atoms with Crippen LogP contribution in [0.4, 0.5) is 22.1 Å². The van der Waals surface area contributed by atoms with Gasteiger partial charge in [-0.05, 0) is 43.9 Å². The highest BCUT2D eigenvalue weighted by Crippen LogP contribution is 2.37. The zero-order valence-corrected chi connectivity index (χ0v) is 19.2. The lowest BCUT2D eigenvalue weighted by molar-refractivity contribution is -0.384. The molecule has 2 aliphatic rings. The van der Waals surface area contributed by atoms with Crippen molar-refractivity contribution in [1.82, 2.24) is 15.2 Å². The van der Waals surface area contributed by atoms with Crippen LogP contribution in [0.2, 0.25) is 0 Å². The Bertz CT molecular complexity index is 1390. The summed E-state index contributed by atoms with van der Waals surface area (Å²) < 4.78 is 34.8. The molecule has 1 saturated carbocycles. The number of carbonyl (C=O) groups excluding carboxylic acids is 1. The zero-order chi connectivity index (χ0) is 24.6. The predicted octanol–water partition coefficient (Wildman–Crippen LogP) is 3.64. The molecule has 0 amide bonds. The molecule has 12 nitrogen and oxygen atoms in total. The monoisotopic (exact) mass is 499 g/mol. The third kappa shape index (κ3) is 4.80. The molecule has 13 heteroatoms. The Morgan fingerprint density at radius 1 is 1.20 bits per heavy atom. The van der Waals surface area contributed by atoms with Crippen molar-refractivity contribution >= 4 is 33.3 Å². The van der Waals surface area contributed by atoms with Gasteiger partial charge in [-0.3, -0.25) is 15.2 Å². The van der Waals surface area contributed by atoms with Crippen LogP contribution in [0, 0.1) is 10.1 Å². The predicted molar refractivity (Wildman–Crippen MR) is 122 cm³/mol. The first kappa shape index (κ1) is 22.8. The Morgan fingerprint density at radius 3 is 2.77 bits per heavy atom. The van der Waals surface area contributed by atoms with Gasteiger partial charge in [-0.2, -0.15) is 5.10 Å². The minimum atomic E-state index is -3.26. The molecule has 2 atom stereocenters. The van der Waals surface area contributed by atoms with E-state index in [0.29, 0.717) is 41.4 Å². The van der Waals surface area contributed by atoms with Crippen LogP contribution >= 0.6 is 0 Å². The normalized spacial score (nSPS) is 20.2. The quantitative estimate of drug-likeness (QED) is 0.221. The first-order valence-corrected chi connectivity index (χ1v) is 12.6. The van der Waals surface area contributed by atoms with Crippen LogP contribution < -0.4 is 10.1 Å². The van der Waals surface area contributed by atoms with E-state index in [0.717, 1.165) is 12.1 Å². The number of fused-ring (bicyclic) bond motifs is 1. The minimum absolute atomic E-state index is 0.0740. The lowest BCUT2D eigenvalue weighted by Crippen LogP contribution is -2.18. The van der Waals surface area contributed by atoms with Gasteiger partial charge in [-0.15, -0.1) is 0 Å². The Labute approximate surface area is 199 Å². The number of pyridine rings is 1. The summed E-state index contributed by atoms with van der Waals surface area (Å²) in [4.78, 5) is 26.9. The molecular weight excluding hydrogens is 478 g/mol. The van der Waals surface area contributed by atoms with Crippen molar-refractivity contribution in [3.63, 3.8) is 0 Å². The summed E-state index contributed by atoms with van der Waals surface area (Å²) >= 11 is 0. The molecule has 0 bridgehead atoms. The highest BCUT2D eigenvalue weighted by molar-refractivity contribution is 7.91. The number of H-pyrrole nitrogens is 1. The first-order valence-electron chi connectivity index (χ1n) is 10.9. The van der Waals surface area contributed by atoms with Crippen molar-refractivity contribution in [1.29, 1.82) is 0 Å². The number of rotatable bonds is 6. The largest absolute Gasteiger partial charge is 0.514 e. The van der Waals surface area contributed by atoms with Gasteiger partial charge in [0.05, 0.1) is 15.6 Å². The van der Waals surface area contributed by atoms with Crippen LogP contribution in [-0.4, -0.2) is 46.5 Å². The van der Waals surface area contributed by atoms with Gasteiger partial charge in [0.25, 0.3) is 5.69 Å². The van der Waals surface area contributed by atoms with E-state index in [2.05, 4.69) is 20.5 Å².